The van der Waals surface area contributed by atoms with E-state index in [1.54, 1.807) is 0 Å². The number of hydrogen-bond acceptors (Lipinski definition) is 2. The van der Waals surface area contributed by atoms with Crippen molar-refractivity contribution in [3.05, 3.63) is 47.7 Å². The van der Waals surface area contributed by atoms with Crippen molar-refractivity contribution in [3.8, 4) is 0 Å². The smallest absolute Gasteiger partial charge is 0.0653 e. The van der Waals surface area contributed by atoms with Crippen LogP contribution >= 0.6 is 0 Å². The Bertz CT molecular complexity index is 829. The molecule has 3 aliphatic heterocycles. The molecule has 3 aliphatic rings. The maximum absolute atomic E-state index is 5.46. The molecule has 1 saturated heterocycles. The van der Waals surface area contributed by atoms with Gasteiger partial charge < -0.3 is 9.72 Å². The van der Waals surface area contributed by atoms with Crippen LogP contribution in [0.1, 0.15) is 36.8 Å². The van der Waals surface area contributed by atoms with Crippen LogP contribution in [0.4, 0.5) is 0 Å². The second kappa shape index (κ2) is 5.91. The van der Waals surface area contributed by atoms with Gasteiger partial charge in [0.25, 0.3) is 0 Å². The highest BCUT2D eigenvalue weighted by molar-refractivity contribution is 5.95. The van der Waals surface area contributed by atoms with Gasteiger partial charge in [-0.15, -0.1) is 0 Å². The van der Waals surface area contributed by atoms with Crippen LogP contribution in [-0.4, -0.2) is 42.2 Å². The molecule has 1 N–H and O–H groups in total. The molecule has 0 unspecified atom stereocenters. The molecule has 0 amide bonds. The standard InChI is InChI=1S/C21H24N2O/c1-2-18-12-17(5-9-23(18)8-1)20-14-22-21-4-3-16(13-19(20)21)15-6-10-24-11-7-15/h3-6,13-14,18,22H,1-2,7-12H2/t18-/m0/s1. The van der Waals surface area contributed by atoms with Crippen LogP contribution in [0.5, 0.6) is 0 Å². The number of aromatic amines is 1. The van der Waals surface area contributed by atoms with Gasteiger partial charge in [-0.1, -0.05) is 18.2 Å². The normalized spacial score (nSPS) is 24.8. The molecule has 0 aliphatic carbocycles. The predicted octanol–water partition coefficient (Wildman–Crippen LogP) is 4.22. The van der Waals surface area contributed by atoms with E-state index in [1.165, 1.54) is 59.0 Å². The molecular formula is C21H24N2O. The number of nitrogens with one attached hydrogen (secondary N) is 1. The monoisotopic (exact) mass is 320 g/mol. The minimum atomic E-state index is 0.746. The number of nitrogens with zero attached hydrogens (tertiary/aromatic N) is 1. The molecule has 124 valence electrons. The second-order valence-electron chi connectivity index (χ2n) is 7.24. The van der Waals surface area contributed by atoms with Gasteiger partial charge in [0.1, 0.15) is 0 Å². The predicted molar refractivity (Wildman–Crippen MR) is 98.9 cm³/mol. The highest BCUT2D eigenvalue weighted by atomic mass is 16.5. The molecule has 1 aromatic carbocycles. The van der Waals surface area contributed by atoms with Crippen LogP contribution in [0.3, 0.4) is 0 Å². The first kappa shape index (κ1) is 14.5. The van der Waals surface area contributed by atoms with E-state index in [0.717, 1.165) is 32.2 Å². The van der Waals surface area contributed by atoms with Gasteiger partial charge in [0.15, 0.2) is 0 Å². The Morgan fingerprint density at radius 3 is 3.08 bits per heavy atom. The summed E-state index contributed by atoms with van der Waals surface area (Å²) in [5, 5.41) is 1.37. The fourth-order valence-corrected chi connectivity index (χ4v) is 4.53. The van der Waals surface area contributed by atoms with Crippen molar-refractivity contribution >= 4 is 22.0 Å². The van der Waals surface area contributed by atoms with E-state index in [0.29, 0.717) is 0 Å². The molecule has 3 nitrogen and oxygen atoms in total. The second-order valence-corrected chi connectivity index (χ2v) is 7.24. The van der Waals surface area contributed by atoms with Crippen molar-refractivity contribution < 1.29 is 4.74 Å². The lowest BCUT2D eigenvalue weighted by atomic mass is 9.92. The molecular weight excluding hydrogens is 296 g/mol. The van der Waals surface area contributed by atoms with E-state index in [1.807, 2.05) is 0 Å². The third-order valence-corrected chi connectivity index (χ3v) is 5.89. The summed E-state index contributed by atoms with van der Waals surface area (Å²) < 4.78 is 5.46. The Labute approximate surface area is 143 Å². The summed E-state index contributed by atoms with van der Waals surface area (Å²) >= 11 is 0. The van der Waals surface area contributed by atoms with Gasteiger partial charge in [0, 0.05) is 35.2 Å². The van der Waals surface area contributed by atoms with Crippen molar-refractivity contribution in [1.82, 2.24) is 9.88 Å². The molecule has 4 heterocycles. The Morgan fingerprint density at radius 2 is 2.17 bits per heavy atom. The van der Waals surface area contributed by atoms with Gasteiger partial charge in [0.05, 0.1) is 13.2 Å². The van der Waals surface area contributed by atoms with E-state index in [4.69, 9.17) is 4.74 Å². The van der Waals surface area contributed by atoms with E-state index in [-0.39, 0.29) is 0 Å². The molecule has 5 rings (SSSR count). The van der Waals surface area contributed by atoms with Gasteiger partial charge in [-0.2, -0.15) is 0 Å². The molecule has 0 bridgehead atoms. The summed E-state index contributed by atoms with van der Waals surface area (Å²) in [4.78, 5) is 6.11. The van der Waals surface area contributed by atoms with Crippen LogP contribution in [0.25, 0.3) is 22.0 Å². The molecule has 0 saturated carbocycles. The van der Waals surface area contributed by atoms with Gasteiger partial charge in [-0.3, -0.25) is 4.90 Å². The zero-order valence-electron chi connectivity index (χ0n) is 14.1. The third-order valence-electron chi connectivity index (χ3n) is 5.89. The highest BCUT2D eigenvalue weighted by Gasteiger charge is 2.28. The Hall–Kier alpha value is -1.84. The summed E-state index contributed by atoms with van der Waals surface area (Å²) in [6.07, 6.45) is 11.8. The Balaban J connectivity index is 1.53. The van der Waals surface area contributed by atoms with E-state index in [9.17, 15) is 0 Å². The maximum Gasteiger partial charge on any atom is 0.0653 e. The molecule has 0 spiro atoms. The van der Waals surface area contributed by atoms with Crippen LogP contribution in [0.15, 0.2) is 36.5 Å². The first-order chi connectivity index (χ1) is 11.9. The van der Waals surface area contributed by atoms with Crippen molar-refractivity contribution in [2.24, 2.45) is 0 Å². The summed E-state index contributed by atoms with van der Waals surface area (Å²) in [7, 11) is 0. The van der Waals surface area contributed by atoms with Gasteiger partial charge in [0.2, 0.25) is 0 Å². The number of hydrogen-bond donors (Lipinski definition) is 1. The lowest BCUT2D eigenvalue weighted by Crippen LogP contribution is -2.32. The quantitative estimate of drug-likeness (QED) is 0.897. The molecule has 1 atom stereocenters. The maximum atomic E-state index is 5.46. The van der Waals surface area contributed by atoms with Crippen molar-refractivity contribution in [3.63, 3.8) is 0 Å². The van der Waals surface area contributed by atoms with Crippen molar-refractivity contribution in [2.75, 3.05) is 26.3 Å². The Morgan fingerprint density at radius 1 is 1.17 bits per heavy atom. The minimum absolute atomic E-state index is 0.746. The van der Waals surface area contributed by atoms with Crippen molar-refractivity contribution in [1.29, 1.82) is 0 Å². The van der Waals surface area contributed by atoms with Crippen molar-refractivity contribution in [2.45, 2.75) is 31.7 Å². The fraction of sp³-hybridized carbons (Fsp3) is 0.429. The lowest BCUT2D eigenvalue weighted by molar-refractivity contribution is 0.161. The summed E-state index contributed by atoms with van der Waals surface area (Å²) in [5.74, 6) is 0. The number of aromatic nitrogens is 1. The zero-order chi connectivity index (χ0) is 15.9. The van der Waals surface area contributed by atoms with Crippen LogP contribution in [0, 0.1) is 0 Å². The zero-order valence-corrected chi connectivity index (χ0v) is 14.1. The number of rotatable bonds is 2. The SMILES string of the molecule is C1=C(c2ccc3[nH]cc(C4=CCN5CCC[C@H]5C4)c3c2)CCOC1. The van der Waals surface area contributed by atoms with E-state index in [2.05, 4.69) is 46.4 Å². The van der Waals surface area contributed by atoms with E-state index < -0.39 is 0 Å². The lowest BCUT2D eigenvalue weighted by Gasteiger charge is -2.29. The average molecular weight is 320 g/mol. The highest BCUT2D eigenvalue weighted by Crippen LogP contribution is 2.36. The molecule has 2 aromatic rings. The van der Waals surface area contributed by atoms with Gasteiger partial charge in [-0.05, 0) is 61.1 Å². The summed E-state index contributed by atoms with van der Waals surface area (Å²) in [5.41, 5.74) is 6.96. The number of H-pyrrole nitrogens is 1. The number of fused-ring (bicyclic) bond motifs is 2. The first-order valence-electron chi connectivity index (χ1n) is 9.20. The minimum Gasteiger partial charge on any atom is -0.377 e. The van der Waals surface area contributed by atoms with E-state index >= 15 is 0 Å². The molecule has 0 radical (unpaired) electrons. The molecule has 24 heavy (non-hydrogen) atoms. The fourth-order valence-electron chi connectivity index (χ4n) is 4.53. The molecule has 1 aromatic heterocycles. The molecule has 3 heteroatoms. The molecule has 1 fully saturated rings. The van der Waals surface area contributed by atoms with Gasteiger partial charge in [-0.25, -0.2) is 0 Å². The van der Waals surface area contributed by atoms with Crippen LogP contribution in [0.2, 0.25) is 0 Å². The average Bonchev–Trinajstić information content (AvgIpc) is 3.27. The summed E-state index contributed by atoms with van der Waals surface area (Å²) in [6, 6.07) is 7.61. The topological polar surface area (TPSA) is 28.3 Å². The Kier molecular flexibility index (Phi) is 3.57. The number of benzene rings is 1. The first-order valence-corrected chi connectivity index (χ1v) is 9.20. The van der Waals surface area contributed by atoms with Crippen LogP contribution in [-0.2, 0) is 4.74 Å². The largest absolute Gasteiger partial charge is 0.377 e. The van der Waals surface area contributed by atoms with Gasteiger partial charge >= 0.3 is 0 Å². The van der Waals surface area contributed by atoms with Crippen LogP contribution < -0.4 is 0 Å². The summed E-state index contributed by atoms with van der Waals surface area (Å²) in [6.45, 7) is 3.99. The third kappa shape index (κ3) is 2.43. The number of ether oxygens (including phenoxy) is 1.